The summed E-state index contributed by atoms with van der Waals surface area (Å²) in [6.07, 6.45) is 4.86. The van der Waals surface area contributed by atoms with Gasteiger partial charge in [-0.05, 0) is 25.2 Å². The van der Waals surface area contributed by atoms with Crippen LogP contribution in [0.3, 0.4) is 0 Å². The second-order valence-corrected chi connectivity index (χ2v) is 2.91. The van der Waals surface area contributed by atoms with Crippen LogP contribution in [-0.4, -0.2) is 11.2 Å². The van der Waals surface area contributed by atoms with Crippen molar-refractivity contribution in [1.82, 2.24) is 5.48 Å². The van der Waals surface area contributed by atoms with Gasteiger partial charge in [0.15, 0.2) is 0 Å². The lowest BCUT2D eigenvalue weighted by atomic mass is 10.1. The van der Waals surface area contributed by atoms with Crippen LogP contribution in [0.2, 0.25) is 0 Å². The molecule has 2 nitrogen and oxygen atoms in total. The smallest absolute Gasteiger partial charge is 0.0322 e. The van der Waals surface area contributed by atoms with E-state index in [9.17, 15) is 0 Å². The Morgan fingerprint density at radius 1 is 1.56 bits per heavy atom. The molecule has 0 saturated heterocycles. The summed E-state index contributed by atoms with van der Waals surface area (Å²) in [7, 11) is 0. The first-order chi connectivity index (χ1) is 4.36. The molecule has 1 saturated carbocycles. The first-order valence-corrected chi connectivity index (χ1v) is 3.76. The molecule has 0 radical (unpaired) electrons. The van der Waals surface area contributed by atoms with Crippen LogP contribution < -0.4 is 5.48 Å². The summed E-state index contributed by atoms with van der Waals surface area (Å²) in [6.45, 7) is 2.21. The summed E-state index contributed by atoms with van der Waals surface area (Å²) in [6, 6.07) is 0.384. The highest BCUT2D eigenvalue weighted by Gasteiger charge is 2.21. The molecule has 9 heavy (non-hydrogen) atoms. The van der Waals surface area contributed by atoms with E-state index in [-0.39, 0.29) is 0 Å². The monoisotopic (exact) mass is 129 g/mol. The molecule has 2 unspecified atom stereocenters. The van der Waals surface area contributed by atoms with Crippen molar-refractivity contribution < 1.29 is 5.21 Å². The lowest BCUT2D eigenvalue weighted by molar-refractivity contribution is 0.126. The minimum atomic E-state index is 0.384. The van der Waals surface area contributed by atoms with Gasteiger partial charge in [0.1, 0.15) is 0 Å². The van der Waals surface area contributed by atoms with Crippen LogP contribution in [-0.2, 0) is 0 Å². The van der Waals surface area contributed by atoms with Crippen LogP contribution in [0.1, 0.15) is 32.6 Å². The summed E-state index contributed by atoms with van der Waals surface area (Å²) < 4.78 is 0. The molecule has 0 heterocycles. The van der Waals surface area contributed by atoms with E-state index in [1.165, 1.54) is 12.8 Å². The number of rotatable bonds is 2. The molecule has 1 aliphatic rings. The quantitative estimate of drug-likeness (QED) is 0.554. The molecule has 2 atom stereocenters. The van der Waals surface area contributed by atoms with Gasteiger partial charge in [-0.2, -0.15) is 0 Å². The molecule has 0 spiro atoms. The van der Waals surface area contributed by atoms with Crippen LogP contribution >= 0.6 is 0 Å². The van der Waals surface area contributed by atoms with E-state index in [2.05, 4.69) is 12.4 Å². The molecule has 2 heteroatoms. The Balaban J connectivity index is 2.20. The Labute approximate surface area is 56.2 Å². The van der Waals surface area contributed by atoms with Crippen molar-refractivity contribution in [2.24, 2.45) is 5.92 Å². The molecule has 0 aromatic carbocycles. The van der Waals surface area contributed by atoms with Crippen LogP contribution in [0, 0.1) is 5.92 Å². The number of hydroxylamine groups is 1. The maximum atomic E-state index is 8.53. The van der Waals surface area contributed by atoms with Gasteiger partial charge < -0.3 is 5.21 Å². The maximum absolute atomic E-state index is 8.53. The third kappa shape index (κ3) is 1.66. The van der Waals surface area contributed by atoms with Gasteiger partial charge in [0.2, 0.25) is 0 Å². The number of hydrogen-bond donors (Lipinski definition) is 2. The van der Waals surface area contributed by atoms with Crippen molar-refractivity contribution in [1.29, 1.82) is 0 Å². The molecular weight excluding hydrogens is 114 g/mol. The van der Waals surface area contributed by atoms with Gasteiger partial charge in [0.05, 0.1) is 0 Å². The van der Waals surface area contributed by atoms with E-state index in [0.717, 1.165) is 18.8 Å². The minimum Gasteiger partial charge on any atom is -0.317 e. The SMILES string of the molecule is CCC1CCC(NO)C1. The molecular formula is C7H15NO. The van der Waals surface area contributed by atoms with Crippen molar-refractivity contribution in [2.75, 3.05) is 0 Å². The predicted octanol–water partition coefficient (Wildman–Crippen LogP) is 1.54. The molecule has 0 aliphatic heterocycles. The van der Waals surface area contributed by atoms with Gasteiger partial charge in [-0.15, -0.1) is 0 Å². The zero-order valence-corrected chi connectivity index (χ0v) is 5.93. The molecule has 0 amide bonds. The van der Waals surface area contributed by atoms with Crippen molar-refractivity contribution in [3.05, 3.63) is 0 Å². The third-order valence-corrected chi connectivity index (χ3v) is 2.30. The van der Waals surface area contributed by atoms with Crippen molar-refractivity contribution in [3.8, 4) is 0 Å². The highest BCUT2D eigenvalue weighted by atomic mass is 16.5. The Morgan fingerprint density at radius 3 is 2.67 bits per heavy atom. The fourth-order valence-electron chi connectivity index (χ4n) is 1.56. The fraction of sp³-hybridized carbons (Fsp3) is 1.00. The second-order valence-electron chi connectivity index (χ2n) is 2.91. The number of hydrogen-bond acceptors (Lipinski definition) is 2. The second kappa shape index (κ2) is 3.18. The van der Waals surface area contributed by atoms with Crippen molar-refractivity contribution >= 4 is 0 Å². The molecule has 0 aromatic heterocycles. The average molecular weight is 129 g/mol. The molecule has 2 N–H and O–H groups in total. The first-order valence-electron chi connectivity index (χ1n) is 3.76. The largest absolute Gasteiger partial charge is 0.317 e. The third-order valence-electron chi connectivity index (χ3n) is 2.30. The zero-order chi connectivity index (χ0) is 6.69. The lowest BCUT2D eigenvalue weighted by Crippen LogP contribution is -2.21. The van der Waals surface area contributed by atoms with E-state index >= 15 is 0 Å². The van der Waals surface area contributed by atoms with Gasteiger partial charge >= 0.3 is 0 Å². The molecule has 0 aromatic rings. The summed E-state index contributed by atoms with van der Waals surface area (Å²) in [4.78, 5) is 0. The molecule has 1 fully saturated rings. The van der Waals surface area contributed by atoms with Crippen molar-refractivity contribution in [3.63, 3.8) is 0 Å². The minimum absolute atomic E-state index is 0.384. The van der Waals surface area contributed by atoms with Gasteiger partial charge in [-0.1, -0.05) is 13.3 Å². The van der Waals surface area contributed by atoms with Gasteiger partial charge in [0.25, 0.3) is 0 Å². The molecule has 0 bridgehead atoms. The Morgan fingerprint density at radius 2 is 2.33 bits per heavy atom. The summed E-state index contributed by atoms with van der Waals surface area (Å²) in [5.41, 5.74) is 2.33. The fourth-order valence-corrected chi connectivity index (χ4v) is 1.56. The average Bonchev–Trinajstić information content (AvgIpc) is 2.34. The predicted molar refractivity (Wildman–Crippen MR) is 36.3 cm³/mol. The van der Waals surface area contributed by atoms with E-state index in [0.29, 0.717) is 6.04 Å². The van der Waals surface area contributed by atoms with Gasteiger partial charge in [-0.3, -0.25) is 0 Å². The van der Waals surface area contributed by atoms with Crippen LogP contribution in [0.4, 0.5) is 0 Å². The highest BCUT2D eigenvalue weighted by Crippen LogP contribution is 2.27. The lowest BCUT2D eigenvalue weighted by Gasteiger charge is -2.05. The zero-order valence-electron chi connectivity index (χ0n) is 5.93. The topological polar surface area (TPSA) is 32.3 Å². The molecule has 54 valence electrons. The Bertz CT molecular complexity index is 75.0. The molecule has 1 aliphatic carbocycles. The van der Waals surface area contributed by atoms with Crippen molar-refractivity contribution in [2.45, 2.75) is 38.6 Å². The van der Waals surface area contributed by atoms with E-state index in [1.807, 2.05) is 0 Å². The normalized spacial score (nSPS) is 35.3. The standard InChI is InChI=1S/C7H15NO/c1-2-6-3-4-7(5-6)8-9/h6-9H,2-5H2,1H3. The Kier molecular flexibility index (Phi) is 2.49. The summed E-state index contributed by atoms with van der Waals surface area (Å²) >= 11 is 0. The maximum Gasteiger partial charge on any atom is 0.0322 e. The van der Waals surface area contributed by atoms with E-state index < -0.39 is 0 Å². The number of nitrogens with one attached hydrogen (secondary N) is 1. The van der Waals surface area contributed by atoms with Gasteiger partial charge in [0, 0.05) is 6.04 Å². The van der Waals surface area contributed by atoms with Crippen LogP contribution in [0.15, 0.2) is 0 Å². The Hall–Kier alpha value is -0.0800. The van der Waals surface area contributed by atoms with E-state index in [1.54, 1.807) is 0 Å². The highest BCUT2D eigenvalue weighted by molar-refractivity contribution is 4.76. The van der Waals surface area contributed by atoms with Gasteiger partial charge in [-0.25, -0.2) is 5.48 Å². The first kappa shape index (κ1) is 7.03. The van der Waals surface area contributed by atoms with E-state index in [4.69, 9.17) is 5.21 Å². The van der Waals surface area contributed by atoms with Crippen LogP contribution in [0.25, 0.3) is 0 Å². The molecule has 1 rings (SSSR count). The van der Waals surface area contributed by atoms with Crippen LogP contribution in [0.5, 0.6) is 0 Å². The summed E-state index contributed by atoms with van der Waals surface area (Å²) in [5.74, 6) is 0.856. The summed E-state index contributed by atoms with van der Waals surface area (Å²) in [5, 5.41) is 8.53.